The zero-order valence-corrected chi connectivity index (χ0v) is 11.2. The highest BCUT2D eigenvalue weighted by molar-refractivity contribution is 6.30. The molecule has 1 aromatic carbocycles. The van der Waals surface area contributed by atoms with E-state index in [1.165, 1.54) is 4.57 Å². The number of halogens is 1. The fourth-order valence-corrected chi connectivity index (χ4v) is 2.27. The minimum Gasteiger partial charge on any atom is -0.477 e. The van der Waals surface area contributed by atoms with E-state index in [-0.39, 0.29) is 5.56 Å². The molecule has 1 heterocycles. The first-order chi connectivity index (χ1) is 8.91. The summed E-state index contributed by atoms with van der Waals surface area (Å²) in [4.78, 5) is 23.5. The molecule has 1 N–H and O–H groups in total. The Morgan fingerprint density at radius 3 is 2.53 bits per heavy atom. The number of rotatable bonds is 2. The van der Waals surface area contributed by atoms with Gasteiger partial charge in [0.05, 0.1) is 5.69 Å². The Hall–Kier alpha value is -2.07. The van der Waals surface area contributed by atoms with E-state index < -0.39 is 11.5 Å². The lowest BCUT2D eigenvalue weighted by molar-refractivity contribution is 0.0693. The molecule has 5 heteroatoms. The first kappa shape index (κ1) is 13.4. The molecule has 0 spiro atoms. The van der Waals surface area contributed by atoms with E-state index in [4.69, 9.17) is 16.7 Å². The zero-order chi connectivity index (χ0) is 14.2. The van der Waals surface area contributed by atoms with Crippen LogP contribution in [0.5, 0.6) is 0 Å². The number of pyridine rings is 1. The molecule has 0 aliphatic carbocycles. The van der Waals surface area contributed by atoms with Crippen molar-refractivity contribution < 1.29 is 9.90 Å². The molecule has 0 saturated heterocycles. The predicted molar refractivity (Wildman–Crippen MR) is 73.5 cm³/mol. The van der Waals surface area contributed by atoms with E-state index in [1.54, 1.807) is 44.2 Å². The SMILES string of the molecule is Cc1cc(C)n(-c2cccc(Cl)c2)c(=O)c1C(=O)O. The number of aryl methyl sites for hydroxylation is 2. The number of aromatic carboxylic acids is 1. The maximum absolute atomic E-state index is 12.3. The summed E-state index contributed by atoms with van der Waals surface area (Å²) in [5.41, 5.74) is 0.901. The molecule has 0 unspecified atom stereocenters. The summed E-state index contributed by atoms with van der Waals surface area (Å²) in [7, 11) is 0. The Morgan fingerprint density at radius 1 is 1.26 bits per heavy atom. The van der Waals surface area contributed by atoms with Crippen LogP contribution in [0.15, 0.2) is 35.1 Å². The van der Waals surface area contributed by atoms with Gasteiger partial charge in [0, 0.05) is 10.7 Å². The Morgan fingerprint density at radius 2 is 1.95 bits per heavy atom. The van der Waals surface area contributed by atoms with E-state index in [2.05, 4.69) is 0 Å². The van der Waals surface area contributed by atoms with Gasteiger partial charge < -0.3 is 5.11 Å². The van der Waals surface area contributed by atoms with Gasteiger partial charge in [-0.1, -0.05) is 17.7 Å². The standard InChI is InChI=1S/C14H12ClNO3/c1-8-6-9(2)16(13(17)12(8)14(18)19)11-5-3-4-10(15)7-11/h3-7H,1-2H3,(H,18,19). The number of benzene rings is 1. The second-order valence-electron chi connectivity index (χ2n) is 4.27. The number of nitrogens with zero attached hydrogens (tertiary/aromatic N) is 1. The highest BCUT2D eigenvalue weighted by Gasteiger charge is 2.17. The second kappa shape index (κ2) is 4.90. The van der Waals surface area contributed by atoms with E-state index in [0.717, 1.165) is 0 Å². The van der Waals surface area contributed by atoms with E-state index >= 15 is 0 Å². The number of carboxylic acid groups (broad SMARTS) is 1. The van der Waals surface area contributed by atoms with Crippen molar-refractivity contribution in [3.63, 3.8) is 0 Å². The number of carboxylic acids is 1. The van der Waals surface area contributed by atoms with Crippen LogP contribution in [0.4, 0.5) is 0 Å². The Bertz CT molecular complexity index is 719. The third-order valence-corrected chi connectivity index (χ3v) is 3.10. The lowest BCUT2D eigenvalue weighted by Gasteiger charge is -2.13. The van der Waals surface area contributed by atoms with Gasteiger partial charge in [0.15, 0.2) is 0 Å². The molecule has 19 heavy (non-hydrogen) atoms. The molecule has 2 rings (SSSR count). The van der Waals surface area contributed by atoms with E-state index in [1.807, 2.05) is 0 Å². The highest BCUT2D eigenvalue weighted by Crippen LogP contribution is 2.16. The van der Waals surface area contributed by atoms with Gasteiger partial charge >= 0.3 is 5.97 Å². The van der Waals surface area contributed by atoms with Crippen LogP contribution in [-0.2, 0) is 0 Å². The van der Waals surface area contributed by atoms with Gasteiger partial charge in [0.2, 0.25) is 0 Å². The van der Waals surface area contributed by atoms with Crippen LogP contribution in [0, 0.1) is 13.8 Å². The largest absolute Gasteiger partial charge is 0.477 e. The van der Waals surface area contributed by atoms with Crippen LogP contribution in [0.3, 0.4) is 0 Å². The topological polar surface area (TPSA) is 59.3 Å². The maximum atomic E-state index is 12.3. The van der Waals surface area contributed by atoms with Crippen molar-refractivity contribution in [1.29, 1.82) is 0 Å². The Labute approximate surface area is 114 Å². The van der Waals surface area contributed by atoms with Gasteiger partial charge in [0.25, 0.3) is 5.56 Å². The van der Waals surface area contributed by atoms with Gasteiger partial charge in [-0.3, -0.25) is 9.36 Å². The highest BCUT2D eigenvalue weighted by atomic mass is 35.5. The minimum atomic E-state index is -1.22. The maximum Gasteiger partial charge on any atom is 0.341 e. The molecule has 0 radical (unpaired) electrons. The van der Waals surface area contributed by atoms with Gasteiger partial charge in [-0.25, -0.2) is 4.79 Å². The van der Waals surface area contributed by atoms with Gasteiger partial charge in [-0.2, -0.15) is 0 Å². The third-order valence-electron chi connectivity index (χ3n) is 2.87. The summed E-state index contributed by atoms with van der Waals surface area (Å²) < 4.78 is 1.35. The van der Waals surface area contributed by atoms with Crippen LogP contribution < -0.4 is 5.56 Å². The molecular formula is C14H12ClNO3. The van der Waals surface area contributed by atoms with Crippen molar-refractivity contribution in [1.82, 2.24) is 4.57 Å². The molecule has 4 nitrogen and oxygen atoms in total. The first-order valence-corrected chi connectivity index (χ1v) is 6.02. The Balaban J connectivity index is 2.81. The molecule has 0 saturated carbocycles. The number of aromatic nitrogens is 1. The third kappa shape index (κ3) is 2.39. The average Bonchev–Trinajstić information content (AvgIpc) is 2.27. The summed E-state index contributed by atoms with van der Waals surface area (Å²) in [6.07, 6.45) is 0. The van der Waals surface area contributed by atoms with Crippen molar-refractivity contribution in [2.24, 2.45) is 0 Å². The molecular weight excluding hydrogens is 266 g/mol. The number of carbonyl (C=O) groups is 1. The average molecular weight is 278 g/mol. The van der Waals surface area contributed by atoms with Crippen LogP contribution in [0.1, 0.15) is 21.6 Å². The molecule has 0 amide bonds. The van der Waals surface area contributed by atoms with Gasteiger partial charge in [-0.15, -0.1) is 0 Å². The normalized spacial score (nSPS) is 10.5. The number of hydrogen-bond donors (Lipinski definition) is 1. The van der Waals surface area contributed by atoms with Gasteiger partial charge in [0.1, 0.15) is 5.56 Å². The molecule has 0 aliphatic rings. The summed E-state index contributed by atoms with van der Waals surface area (Å²) in [6, 6.07) is 8.41. The zero-order valence-electron chi connectivity index (χ0n) is 10.5. The van der Waals surface area contributed by atoms with Crippen molar-refractivity contribution in [2.45, 2.75) is 13.8 Å². The Kier molecular flexibility index (Phi) is 3.44. The molecule has 98 valence electrons. The molecule has 0 fully saturated rings. The summed E-state index contributed by atoms with van der Waals surface area (Å²) in [6.45, 7) is 3.36. The molecule has 0 aliphatic heterocycles. The van der Waals surface area contributed by atoms with Crippen LogP contribution in [-0.4, -0.2) is 15.6 Å². The fourth-order valence-electron chi connectivity index (χ4n) is 2.09. The fraction of sp³-hybridized carbons (Fsp3) is 0.143. The smallest absolute Gasteiger partial charge is 0.341 e. The van der Waals surface area contributed by atoms with Gasteiger partial charge in [-0.05, 0) is 43.7 Å². The minimum absolute atomic E-state index is 0.217. The van der Waals surface area contributed by atoms with Crippen molar-refractivity contribution >= 4 is 17.6 Å². The van der Waals surface area contributed by atoms with Crippen LogP contribution in [0.25, 0.3) is 5.69 Å². The van der Waals surface area contributed by atoms with E-state index in [0.29, 0.717) is 22.0 Å². The van der Waals surface area contributed by atoms with Crippen LogP contribution >= 0.6 is 11.6 Å². The molecule has 2 aromatic rings. The monoisotopic (exact) mass is 277 g/mol. The summed E-state index contributed by atoms with van der Waals surface area (Å²) in [5.74, 6) is -1.22. The molecule has 1 aromatic heterocycles. The predicted octanol–water partition coefficient (Wildman–Crippen LogP) is 2.81. The summed E-state index contributed by atoms with van der Waals surface area (Å²) >= 11 is 5.90. The van der Waals surface area contributed by atoms with Crippen molar-refractivity contribution in [3.05, 3.63) is 62.5 Å². The van der Waals surface area contributed by atoms with Crippen molar-refractivity contribution in [3.8, 4) is 5.69 Å². The lowest BCUT2D eigenvalue weighted by Crippen LogP contribution is -2.28. The second-order valence-corrected chi connectivity index (χ2v) is 4.71. The molecule has 0 atom stereocenters. The lowest BCUT2D eigenvalue weighted by atomic mass is 10.1. The quantitative estimate of drug-likeness (QED) is 0.918. The van der Waals surface area contributed by atoms with E-state index in [9.17, 15) is 9.59 Å². The first-order valence-electron chi connectivity index (χ1n) is 5.64. The van der Waals surface area contributed by atoms with Crippen molar-refractivity contribution in [2.75, 3.05) is 0 Å². The summed E-state index contributed by atoms with van der Waals surface area (Å²) in [5, 5.41) is 9.61. The number of hydrogen-bond acceptors (Lipinski definition) is 2. The van der Waals surface area contributed by atoms with Crippen LogP contribution in [0.2, 0.25) is 5.02 Å². The molecule has 0 bridgehead atoms.